The van der Waals surface area contributed by atoms with E-state index in [0.29, 0.717) is 23.2 Å². The van der Waals surface area contributed by atoms with Gasteiger partial charge in [0.1, 0.15) is 11.3 Å². The van der Waals surface area contributed by atoms with Crippen LogP contribution in [0.2, 0.25) is 0 Å². The molecular formula is C16H18N2O3. The molecule has 0 atom stereocenters. The lowest BCUT2D eigenvalue weighted by atomic mass is 10.1. The van der Waals surface area contributed by atoms with Gasteiger partial charge >= 0.3 is 5.97 Å². The Kier molecular flexibility index (Phi) is 3.93. The number of aromatic nitrogens is 2. The molecule has 21 heavy (non-hydrogen) atoms. The van der Waals surface area contributed by atoms with Crippen molar-refractivity contribution in [2.45, 2.75) is 33.3 Å². The predicted octanol–water partition coefficient (Wildman–Crippen LogP) is 2.95. The summed E-state index contributed by atoms with van der Waals surface area (Å²) in [5.41, 5.74) is 1.53. The number of carbonyl (C=O) groups excluding carboxylic acids is 2. The van der Waals surface area contributed by atoms with Crippen molar-refractivity contribution in [3.8, 4) is 5.69 Å². The molecule has 0 fully saturated rings. The van der Waals surface area contributed by atoms with Gasteiger partial charge in [-0.15, -0.1) is 0 Å². The Morgan fingerprint density at radius 2 is 1.95 bits per heavy atom. The number of hydrogen-bond acceptors (Lipinski definition) is 4. The minimum atomic E-state index is -0.572. The van der Waals surface area contributed by atoms with Crippen LogP contribution in [-0.4, -0.2) is 27.6 Å². The molecule has 0 saturated heterocycles. The van der Waals surface area contributed by atoms with Crippen LogP contribution >= 0.6 is 0 Å². The fourth-order valence-corrected chi connectivity index (χ4v) is 1.96. The average Bonchev–Trinajstić information content (AvgIpc) is 2.78. The molecule has 0 radical (unpaired) electrons. The summed E-state index contributed by atoms with van der Waals surface area (Å²) in [5.74, 6) is -0.416. The van der Waals surface area contributed by atoms with E-state index in [1.54, 1.807) is 28.9 Å². The number of nitrogens with zero attached hydrogens (tertiary/aromatic N) is 2. The van der Waals surface area contributed by atoms with Gasteiger partial charge in [0.15, 0.2) is 6.29 Å². The zero-order chi connectivity index (χ0) is 15.6. The van der Waals surface area contributed by atoms with Crippen molar-refractivity contribution in [2.75, 3.05) is 0 Å². The van der Waals surface area contributed by atoms with E-state index in [2.05, 4.69) is 5.10 Å². The van der Waals surface area contributed by atoms with Crippen LogP contribution in [0.25, 0.3) is 5.69 Å². The van der Waals surface area contributed by atoms with E-state index in [9.17, 15) is 9.59 Å². The summed E-state index contributed by atoms with van der Waals surface area (Å²) in [6, 6.07) is 8.70. The number of esters is 1. The number of benzene rings is 1. The first kappa shape index (κ1) is 15.0. The number of para-hydroxylation sites is 1. The van der Waals surface area contributed by atoms with Gasteiger partial charge in [-0.2, -0.15) is 5.10 Å². The molecule has 0 spiro atoms. The zero-order valence-electron chi connectivity index (χ0n) is 12.6. The molecule has 0 aliphatic heterocycles. The second-order valence-electron chi connectivity index (χ2n) is 5.76. The highest BCUT2D eigenvalue weighted by Crippen LogP contribution is 2.20. The Balaban J connectivity index is 2.48. The standard InChI is InChI=1S/C16H18N2O3/c1-11-9-12(10-19)17-18(11)14-8-6-5-7-13(14)15(20)21-16(2,3)4/h5-10H,1-4H3. The van der Waals surface area contributed by atoms with Crippen molar-refractivity contribution < 1.29 is 14.3 Å². The van der Waals surface area contributed by atoms with Crippen molar-refractivity contribution in [1.82, 2.24) is 9.78 Å². The minimum absolute atomic E-state index is 0.325. The SMILES string of the molecule is Cc1cc(C=O)nn1-c1ccccc1C(=O)OC(C)(C)C. The number of hydrogen-bond donors (Lipinski definition) is 0. The quantitative estimate of drug-likeness (QED) is 0.643. The van der Waals surface area contributed by atoms with Gasteiger partial charge in [0.05, 0.1) is 11.3 Å². The Labute approximate surface area is 123 Å². The number of rotatable bonds is 3. The Morgan fingerprint density at radius 3 is 2.52 bits per heavy atom. The van der Waals surface area contributed by atoms with Crippen molar-refractivity contribution in [3.63, 3.8) is 0 Å². The van der Waals surface area contributed by atoms with Crippen LogP contribution in [0.1, 0.15) is 47.3 Å². The molecule has 5 heteroatoms. The predicted molar refractivity (Wildman–Crippen MR) is 78.9 cm³/mol. The van der Waals surface area contributed by atoms with E-state index < -0.39 is 11.6 Å². The van der Waals surface area contributed by atoms with Crippen LogP contribution in [0.5, 0.6) is 0 Å². The maximum Gasteiger partial charge on any atom is 0.340 e. The smallest absolute Gasteiger partial charge is 0.340 e. The van der Waals surface area contributed by atoms with Gasteiger partial charge in [-0.3, -0.25) is 4.79 Å². The normalized spacial score (nSPS) is 11.2. The molecule has 2 rings (SSSR count). The second-order valence-corrected chi connectivity index (χ2v) is 5.76. The lowest BCUT2D eigenvalue weighted by Crippen LogP contribution is -2.24. The number of aldehydes is 1. The van der Waals surface area contributed by atoms with Crippen molar-refractivity contribution in [2.24, 2.45) is 0 Å². The van der Waals surface area contributed by atoms with Gasteiger partial charge in [-0.05, 0) is 45.9 Å². The summed E-state index contributed by atoms with van der Waals surface area (Å²) in [5, 5.41) is 4.18. The summed E-state index contributed by atoms with van der Waals surface area (Å²) in [7, 11) is 0. The van der Waals surface area contributed by atoms with E-state index in [1.165, 1.54) is 0 Å². The maximum absolute atomic E-state index is 12.3. The highest BCUT2D eigenvalue weighted by atomic mass is 16.6. The van der Waals surface area contributed by atoms with E-state index >= 15 is 0 Å². The largest absolute Gasteiger partial charge is 0.456 e. The third-order valence-corrected chi connectivity index (χ3v) is 2.78. The van der Waals surface area contributed by atoms with E-state index in [0.717, 1.165) is 5.69 Å². The van der Waals surface area contributed by atoms with Gasteiger partial charge in [0.2, 0.25) is 0 Å². The van der Waals surface area contributed by atoms with Gasteiger partial charge in [-0.1, -0.05) is 12.1 Å². The number of carbonyl (C=O) groups is 2. The third-order valence-electron chi connectivity index (χ3n) is 2.78. The molecule has 110 valence electrons. The number of ether oxygens (including phenoxy) is 1. The molecule has 1 aromatic carbocycles. The molecule has 0 saturated carbocycles. The first-order chi connectivity index (χ1) is 9.81. The molecular weight excluding hydrogens is 268 g/mol. The van der Waals surface area contributed by atoms with Crippen LogP contribution in [0.3, 0.4) is 0 Å². The van der Waals surface area contributed by atoms with Crippen LogP contribution < -0.4 is 0 Å². The molecule has 0 unspecified atom stereocenters. The Bertz CT molecular complexity index is 681. The average molecular weight is 286 g/mol. The third kappa shape index (κ3) is 3.37. The topological polar surface area (TPSA) is 61.2 Å². The maximum atomic E-state index is 12.3. The first-order valence-corrected chi connectivity index (χ1v) is 6.66. The van der Waals surface area contributed by atoms with E-state index in [-0.39, 0.29) is 0 Å². The monoisotopic (exact) mass is 286 g/mol. The van der Waals surface area contributed by atoms with Crippen LogP contribution in [-0.2, 0) is 4.74 Å². The Morgan fingerprint density at radius 1 is 1.29 bits per heavy atom. The van der Waals surface area contributed by atoms with E-state index in [1.807, 2.05) is 33.8 Å². The molecule has 1 heterocycles. The molecule has 0 aliphatic rings. The van der Waals surface area contributed by atoms with Crippen molar-refractivity contribution >= 4 is 12.3 Å². The first-order valence-electron chi connectivity index (χ1n) is 6.66. The summed E-state index contributed by atoms with van der Waals surface area (Å²) in [6.45, 7) is 7.28. The van der Waals surface area contributed by atoms with Crippen LogP contribution in [0.4, 0.5) is 0 Å². The van der Waals surface area contributed by atoms with E-state index in [4.69, 9.17) is 4.74 Å². The second kappa shape index (κ2) is 5.52. The number of aryl methyl sites for hydroxylation is 1. The summed E-state index contributed by atoms with van der Waals surface area (Å²) >= 11 is 0. The van der Waals surface area contributed by atoms with Gasteiger partial charge in [0.25, 0.3) is 0 Å². The van der Waals surface area contributed by atoms with Gasteiger partial charge in [-0.25, -0.2) is 9.48 Å². The molecule has 0 aliphatic carbocycles. The Hall–Kier alpha value is -2.43. The molecule has 0 amide bonds. The summed E-state index contributed by atoms with van der Waals surface area (Å²) in [6.07, 6.45) is 0.680. The zero-order valence-corrected chi connectivity index (χ0v) is 12.6. The lowest BCUT2D eigenvalue weighted by Gasteiger charge is -2.20. The minimum Gasteiger partial charge on any atom is -0.456 e. The highest BCUT2D eigenvalue weighted by Gasteiger charge is 2.21. The van der Waals surface area contributed by atoms with Crippen LogP contribution in [0.15, 0.2) is 30.3 Å². The molecule has 5 nitrogen and oxygen atoms in total. The summed E-state index contributed by atoms with van der Waals surface area (Å²) in [4.78, 5) is 23.2. The molecule has 2 aromatic rings. The fourth-order valence-electron chi connectivity index (χ4n) is 1.96. The molecule has 0 bridgehead atoms. The summed E-state index contributed by atoms with van der Waals surface area (Å²) < 4.78 is 6.98. The van der Waals surface area contributed by atoms with Gasteiger partial charge < -0.3 is 4.74 Å². The van der Waals surface area contributed by atoms with Crippen molar-refractivity contribution in [1.29, 1.82) is 0 Å². The lowest BCUT2D eigenvalue weighted by molar-refractivity contribution is 0.00694. The van der Waals surface area contributed by atoms with Crippen molar-refractivity contribution in [3.05, 3.63) is 47.3 Å². The molecule has 0 N–H and O–H groups in total. The highest BCUT2D eigenvalue weighted by molar-refractivity contribution is 5.93. The fraction of sp³-hybridized carbons (Fsp3) is 0.312. The molecule has 1 aromatic heterocycles. The van der Waals surface area contributed by atoms with Gasteiger partial charge in [0, 0.05) is 5.69 Å². The van der Waals surface area contributed by atoms with Crippen LogP contribution in [0, 0.1) is 6.92 Å².